The van der Waals surface area contributed by atoms with Crippen LogP contribution < -0.4 is 5.32 Å². The normalized spacial score (nSPS) is 13.5. The lowest BCUT2D eigenvalue weighted by Crippen LogP contribution is -2.43. The topological polar surface area (TPSA) is 134 Å². The summed E-state index contributed by atoms with van der Waals surface area (Å²) >= 11 is 0. The second-order valence-corrected chi connectivity index (χ2v) is 9.93. The molecule has 0 aliphatic rings. The minimum atomic E-state index is -1.23. The van der Waals surface area contributed by atoms with Gasteiger partial charge in [0.1, 0.15) is 0 Å². The Morgan fingerprint density at radius 3 is 2.32 bits per heavy atom. The fraction of sp³-hybridized carbons (Fsp3) is 0.393. The molecule has 37 heavy (non-hydrogen) atoms. The number of esters is 1. The molecule has 2 aromatic carbocycles. The molecule has 0 aliphatic heterocycles. The highest BCUT2D eigenvalue weighted by molar-refractivity contribution is 5.92. The van der Waals surface area contributed by atoms with Crippen LogP contribution in [-0.4, -0.2) is 51.0 Å². The van der Waals surface area contributed by atoms with Gasteiger partial charge < -0.3 is 15.2 Å². The molecule has 196 valence electrons. The summed E-state index contributed by atoms with van der Waals surface area (Å²) in [5.41, 5.74) is 1.98. The maximum absolute atomic E-state index is 12.8. The van der Waals surface area contributed by atoms with Gasteiger partial charge in [-0.2, -0.15) is 0 Å². The summed E-state index contributed by atoms with van der Waals surface area (Å²) in [5, 5.41) is 22.8. The van der Waals surface area contributed by atoms with Gasteiger partial charge in [-0.25, -0.2) is 0 Å². The first-order valence-corrected chi connectivity index (χ1v) is 12.4. The number of carbonyl (C=O) groups excluding carboxylic acids is 2. The Hall–Kier alpha value is -4.01. The summed E-state index contributed by atoms with van der Waals surface area (Å²) < 4.78 is 5.28. The van der Waals surface area contributed by atoms with Crippen molar-refractivity contribution in [3.63, 3.8) is 0 Å². The lowest BCUT2D eigenvalue weighted by Gasteiger charge is -2.30. The van der Waals surface area contributed by atoms with E-state index >= 15 is 0 Å². The molecular weight excluding hydrogens is 472 g/mol. The maximum Gasteiger partial charge on any atom is 0.309 e. The van der Waals surface area contributed by atoms with Crippen LogP contribution in [0.15, 0.2) is 60.8 Å². The largest absolute Gasteiger partial charge is 0.481 e. The average molecular weight is 507 g/mol. The van der Waals surface area contributed by atoms with Gasteiger partial charge in [0.15, 0.2) is 5.69 Å². The summed E-state index contributed by atoms with van der Waals surface area (Å²) in [6, 6.07) is 17.4. The first-order valence-electron chi connectivity index (χ1n) is 12.4. The zero-order valence-corrected chi connectivity index (χ0v) is 21.4. The van der Waals surface area contributed by atoms with E-state index in [1.54, 1.807) is 6.92 Å². The third-order valence-electron chi connectivity index (χ3n) is 6.23. The van der Waals surface area contributed by atoms with Crippen LogP contribution in [0, 0.1) is 11.3 Å². The van der Waals surface area contributed by atoms with E-state index in [4.69, 9.17) is 4.74 Å². The lowest BCUT2D eigenvalue weighted by atomic mass is 9.79. The molecule has 1 unspecified atom stereocenters. The van der Waals surface area contributed by atoms with Crippen molar-refractivity contribution in [3.05, 3.63) is 72.1 Å². The highest BCUT2D eigenvalue weighted by Gasteiger charge is 2.37. The Bertz CT molecular complexity index is 1160. The summed E-state index contributed by atoms with van der Waals surface area (Å²) in [5.74, 6) is -1.66. The third-order valence-corrected chi connectivity index (χ3v) is 6.23. The smallest absolute Gasteiger partial charge is 0.309 e. The SMILES string of the molecule is CC(C)CC(=O)OCCC(C)(C[C@@H](Cc1ccc(-c2ccccc2)cc1)NC(=O)c1c[nH]nn1)C(=O)O. The number of nitrogens with one attached hydrogen (secondary N) is 2. The van der Waals surface area contributed by atoms with E-state index in [-0.39, 0.29) is 43.5 Å². The number of carbonyl (C=O) groups is 3. The quantitative estimate of drug-likeness (QED) is 0.295. The molecule has 9 heteroatoms. The van der Waals surface area contributed by atoms with E-state index in [9.17, 15) is 19.5 Å². The Morgan fingerprint density at radius 1 is 1.05 bits per heavy atom. The van der Waals surface area contributed by atoms with Gasteiger partial charge in [-0.3, -0.25) is 19.5 Å². The van der Waals surface area contributed by atoms with Gasteiger partial charge in [0.05, 0.1) is 18.2 Å². The van der Waals surface area contributed by atoms with Gasteiger partial charge in [-0.1, -0.05) is 73.7 Å². The molecule has 1 heterocycles. The first-order chi connectivity index (χ1) is 17.7. The van der Waals surface area contributed by atoms with Crippen LogP contribution in [0.1, 0.15) is 56.1 Å². The molecule has 1 aromatic heterocycles. The van der Waals surface area contributed by atoms with E-state index < -0.39 is 23.3 Å². The van der Waals surface area contributed by atoms with Crippen molar-refractivity contribution in [2.24, 2.45) is 11.3 Å². The monoisotopic (exact) mass is 506 g/mol. The van der Waals surface area contributed by atoms with Crippen LogP contribution in [0.25, 0.3) is 11.1 Å². The number of amides is 1. The predicted molar refractivity (Wildman–Crippen MR) is 139 cm³/mol. The van der Waals surface area contributed by atoms with Crippen LogP contribution in [0.4, 0.5) is 0 Å². The minimum Gasteiger partial charge on any atom is -0.481 e. The van der Waals surface area contributed by atoms with Crippen molar-refractivity contribution in [1.29, 1.82) is 0 Å². The van der Waals surface area contributed by atoms with E-state index in [1.165, 1.54) is 6.20 Å². The highest BCUT2D eigenvalue weighted by Crippen LogP contribution is 2.30. The van der Waals surface area contributed by atoms with E-state index in [2.05, 4.69) is 20.7 Å². The number of aliphatic carboxylic acids is 1. The van der Waals surface area contributed by atoms with Crippen molar-refractivity contribution in [1.82, 2.24) is 20.7 Å². The molecule has 0 bridgehead atoms. The number of carboxylic acid groups (broad SMARTS) is 1. The fourth-order valence-corrected chi connectivity index (χ4v) is 4.12. The van der Waals surface area contributed by atoms with Gasteiger partial charge in [0.2, 0.25) is 0 Å². The van der Waals surface area contributed by atoms with Gasteiger partial charge >= 0.3 is 11.9 Å². The fourth-order valence-electron chi connectivity index (χ4n) is 4.12. The Morgan fingerprint density at radius 2 is 1.73 bits per heavy atom. The van der Waals surface area contributed by atoms with Gasteiger partial charge in [0, 0.05) is 12.5 Å². The second kappa shape index (κ2) is 12.8. The summed E-state index contributed by atoms with van der Waals surface area (Å²) in [6.45, 7) is 5.43. The van der Waals surface area contributed by atoms with Crippen molar-refractivity contribution in [3.8, 4) is 11.1 Å². The van der Waals surface area contributed by atoms with Crippen LogP contribution in [0.3, 0.4) is 0 Å². The van der Waals surface area contributed by atoms with Gasteiger partial charge in [-0.05, 0) is 48.8 Å². The van der Waals surface area contributed by atoms with Crippen molar-refractivity contribution >= 4 is 17.8 Å². The molecule has 0 spiro atoms. The maximum atomic E-state index is 12.8. The number of benzene rings is 2. The lowest BCUT2D eigenvalue weighted by molar-refractivity contribution is -0.153. The van der Waals surface area contributed by atoms with Gasteiger partial charge in [0.25, 0.3) is 5.91 Å². The molecule has 0 fully saturated rings. The van der Waals surface area contributed by atoms with Crippen molar-refractivity contribution < 1.29 is 24.2 Å². The zero-order valence-electron chi connectivity index (χ0n) is 21.4. The minimum absolute atomic E-state index is 0.00984. The number of aromatic amines is 1. The predicted octanol–water partition coefficient (Wildman–Crippen LogP) is 4.27. The molecule has 0 aliphatic carbocycles. The Labute approximate surface area is 216 Å². The molecular formula is C28H34N4O5. The molecule has 3 rings (SSSR count). The number of hydrogen-bond acceptors (Lipinski definition) is 6. The number of rotatable bonds is 13. The molecule has 0 saturated carbocycles. The molecule has 3 N–H and O–H groups in total. The van der Waals surface area contributed by atoms with Crippen LogP contribution >= 0.6 is 0 Å². The molecule has 9 nitrogen and oxygen atoms in total. The average Bonchev–Trinajstić information content (AvgIpc) is 3.40. The number of H-pyrrole nitrogens is 1. The standard InChI is InChI=1S/C28H34N4O5/c1-19(2)15-25(33)37-14-13-28(3,27(35)36)17-23(30-26(34)24-18-29-32-31-24)16-20-9-11-22(12-10-20)21-7-5-4-6-8-21/h4-12,18-19,23H,13-17H2,1-3H3,(H,30,34)(H,35,36)(H,29,31,32)/t23-,28?/m1/s1. The number of aromatic nitrogens is 3. The van der Waals surface area contributed by atoms with Crippen molar-refractivity contribution in [2.75, 3.05) is 6.61 Å². The van der Waals surface area contributed by atoms with Crippen LogP contribution in [-0.2, 0) is 20.7 Å². The Kier molecular flexibility index (Phi) is 9.54. The first kappa shape index (κ1) is 27.6. The third kappa shape index (κ3) is 8.27. The van der Waals surface area contributed by atoms with Crippen LogP contribution in [0.2, 0.25) is 0 Å². The van der Waals surface area contributed by atoms with E-state index in [0.717, 1.165) is 16.7 Å². The molecule has 1 amide bonds. The molecule has 0 radical (unpaired) electrons. The molecule has 0 saturated heterocycles. The zero-order chi connectivity index (χ0) is 26.8. The van der Waals surface area contributed by atoms with Crippen molar-refractivity contribution in [2.45, 2.75) is 52.5 Å². The number of hydrogen-bond donors (Lipinski definition) is 3. The summed E-state index contributed by atoms with van der Waals surface area (Å²) in [6.07, 6.45) is 2.32. The second-order valence-electron chi connectivity index (χ2n) is 9.93. The van der Waals surface area contributed by atoms with E-state index in [1.807, 2.05) is 68.4 Å². The number of carboxylic acids is 1. The highest BCUT2D eigenvalue weighted by atomic mass is 16.5. The summed E-state index contributed by atoms with van der Waals surface area (Å²) in [4.78, 5) is 37.0. The number of nitrogens with zero attached hydrogens (tertiary/aromatic N) is 2. The van der Waals surface area contributed by atoms with Crippen LogP contribution in [0.5, 0.6) is 0 Å². The number of ether oxygens (including phenoxy) is 1. The van der Waals surface area contributed by atoms with E-state index in [0.29, 0.717) is 6.42 Å². The summed E-state index contributed by atoms with van der Waals surface area (Å²) in [7, 11) is 0. The molecule has 2 atom stereocenters. The molecule has 3 aromatic rings. The Balaban J connectivity index is 1.75. The van der Waals surface area contributed by atoms with Gasteiger partial charge in [-0.15, -0.1) is 5.10 Å².